The third-order valence-electron chi connectivity index (χ3n) is 5.26. The zero-order valence-electron chi connectivity index (χ0n) is 19.5. The Morgan fingerprint density at radius 1 is 0.886 bits per heavy atom. The molecule has 0 amide bonds. The Balaban J connectivity index is 1.44. The molecule has 0 atom stereocenters. The van der Waals surface area contributed by atoms with Gasteiger partial charge >= 0.3 is 5.97 Å². The van der Waals surface area contributed by atoms with Gasteiger partial charge in [-0.1, -0.05) is 30.3 Å². The van der Waals surface area contributed by atoms with Gasteiger partial charge in [0.1, 0.15) is 23.9 Å². The van der Waals surface area contributed by atoms with Crippen LogP contribution in [0.4, 0.5) is 0 Å². The van der Waals surface area contributed by atoms with Gasteiger partial charge in [-0.05, 0) is 29.8 Å². The number of rotatable bonds is 9. The highest BCUT2D eigenvalue weighted by Gasteiger charge is 2.28. The Morgan fingerprint density at radius 3 is 2.31 bits per heavy atom. The molecule has 1 aliphatic heterocycles. The average molecular weight is 476 g/mol. The highest BCUT2D eigenvalue weighted by Crippen LogP contribution is 2.39. The molecule has 0 N–H and O–H groups in total. The van der Waals surface area contributed by atoms with E-state index in [0.717, 1.165) is 5.56 Å². The van der Waals surface area contributed by atoms with E-state index in [-0.39, 0.29) is 24.8 Å². The molecule has 0 aliphatic carbocycles. The van der Waals surface area contributed by atoms with Gasteiger partial charge < -0.3 is 28.4 Å². The molecule has 0 spiro atoms. The van der Waals surface area contributed by atoms with Crippen LogP contribution < -0.4 is 23.7 Å². The average Bonchev–Trinajstić information content (AvgIpc) is 3.20. The highest BCUT2D eigenvalue weighted by atomic mass is 16.6. The molecule has 0 radical (unpaired) electrons. The fourth-order valence-corrected chi connectivity index (χ4v) is 3.49. The van der Waals surface area contributed by atoms with E-state index in [2.05, 4.69) is 0 Å². The summed E-state index contributed by atoms with van der Waals surface area (Å²) in [5, 5.41) is 0. The van der Waals surface area contributed by atoms with Gasteiger partial charge in [0.05, 0.1) is 26.9 Å². The molecule has 0 fully saturated rings. The molecular weight excluding hydrogens is 452 g/mol. The normalized spacial score (nSPS) is 13.1. The fraction of sp³-hybridized carbons (Fsp3) is 0.185. The molecule has 0 saturated heterocycles. The number of ether oxygens (including phenoxy) is 6. The van der Waals surface area contributed by atoms with E-state index < -0.39 is 5.97 Å². The van der Waals surface area contributed by atoms with Gasteiger partial charge in [0, 0.05) is 17.7 Å². The van der Waals surface area contributed by atoms with Gasteiger partial charge in [-0.15, -0.1) is 0 Å². The number of Topliss-reactive ketones (excluding diaryl/α,β-unsaturated/α-hetero) is 1. The van der Waals surface area contributed by atoms with Crippen molar-refractivity contribution in [1.29, 1.82) is 0 Å². The zero-order valence-corrected chi connectivity index (χ0v) is 19.5. The number of benzene rings is 3. The predicted molar refractivity (Wildman–Crippen MR) is 127 cm³/mol. The Hall–Kier alpha value is -4.46. The minimum absolute atomic E-state index is 0.116. The van der Waals surface area contributed by atoms with Crippen LogP contribution in [0.3, 0.4) is 0 Å². The van der Waals surface area contributed by atoms with Gasteiger partial charge in [0.2, 0.25) is 5.78 Å². The molecule has 3 aromatic rings. The fourth-order valence-electron chi connectivity index (χ4n) is 3.49. The summed E-state index contributed by atoms with van der Waals surface area (Å²) in [5.74, 6) is 1.49. The Labute approximate surface area is 202 Å². The third kappa shape index (κ3) is 5.38. The van der Waals surface area contributed by atoms with Crippen molar-refractivity contribution < 1.29 is 38.0 Å². The van der Waals surface area contributed by atoms with E-state index in [9.17, 15) is 9.59 Å². The largest absolute Gasteiger partial charge is 0.496 e. The molecule has 3 aromatic carbocycles. The van der Waals surface area contributed by atoms with Gasteiger partial charge in [0.25, 0.3) is 0 Å². The van der Waals surface area contributed by atoms with Crippen molar-refractivity contribution in [3.05, 3.63) is 83.1 Å². The quantitative estimate of drug-likeness (QED) is 0.331. The third-order valence-corrected chi connectivity index (χ3v) is 5.26. The van der Waals surface area contributed by atoms with E-state index in [1.54, 1.807) is 36.4 Å². The number of hydrogen-bond donors (Lipinski definition) is 0. The molecule has 0 aromatic heterocycles. The first-order chi connectivity index (χ1) is 17.0. The van der Waals surface area contributed by atoms with Crippen LogP contribution in [0.15, 0.2) is 66.4 Å². The molecule has 1 aliphatic rings. The first kappa shape index (κ1) is 23.7. The standard InChI is InChI=1S/C27H24O8/c1-30-21-14-24(32-3)23(31-2)11-18(21)12-25-27(29)20-10-9-19(13-22(20)35-25)33-16-26(28)34-15-17-7-5-4-6-8-17/h4-14H,15-16H2,1-3H3. The van der Waals surface area contributed by atoms with E-state index in [1.807, 2.05) is 30.3 Å². The predicted octanol–water partition coefficient (Wildman–Crippen LogP) is 4.45. The number of allylic oxidation sites excluding steroid dienone is 1. The highest BCUT2D eigenvalue weighted by molar-refractivity contribution is 6.14. The van der Waals surface area contributed by atoms with Crippen molar-refractivity contribution in [2.45, 2.75) is 6.61 Å². The topological polar surface area (TPSA) is 89.5 Å². The monoisotopic (exact) mass is 476 g/mol. The molecule has 180 valence electrons. The summed E-state index contributed by atoms with van der Waals surface area (Å²) in [6, 6.07) is 17.5. The molecule has 35 heavy (non-hydrogen) atoms. The molecule has 0 bridgehead atoms. The van der Waals surface area contributed by atoms with Crippen molar-refractivity contribution in [3.8, 4) is 28.7 Å². The van der Waals surface area contributed by atoms with Crippen molar-refractivity contribution >= 4 is 17.8 Å². The molecule has 8 nitrogen and oxygen atoms in total. The lowest BCUT2D eigenvalue weighted by Gasteiger charge is -2.12. The molecule has 0 saturated carbocycles. The number of ketones is 1. The van der Waals surface area contributed by atoms with Crippen molar-refractivity contribution in [2.75, 3.05) is 27.9 Å². The number of carbonyl (C=O) groups excluding carboxylic acids is 2. The lowest BCUT2D eigenvalue weighted by Crippen LogP contribution is -2.14. The van der Waals surface area contributed by atoms with Crippen LogP contribution in [0.25, 0.3) is 6.08 Å². The van der Waals surface area contributed by atoms with E-state index in [4.69, 9.17) is 28.4 Å². The summed E-state index contributed by atoms with van der Waals surface area (Å²) in [6.45, 7) is -0.107. The van der Waals surface area contributed by atoms with E-state index >= 15 is 0 Å². The second kappa shape index (κ2) is 10.6. The summed E-state index contributed by atoms with van der Waals surface area (Å²) in [5.41, 5.74) is 1.85. The molecule has 1 heterocycles. The van der Waals surface area contributed by atoms with E-state index in [1.165, 1.54) is 21.3 Å². The number of carbonyl (C=O) groups is 2. The maximum Gasteiger partial charge on any atom is 0.344 e. The minimum Gasteiger partial charge on any atom is -0.496 e. The summed E-state index contributed by atoms with van der Waals surface area (Å²) >= 11 is 0. The van der Waals surface area contributed by atoms with Crippen molar-refractivity contribution in [3.63, 3.8) is 0 Å². The van der Waals surface area contributed by atoms with Gasteiger partial charge in [-0.3, -0.25) is 4.79 Å². The number of hydrogen-bond acceptors (Lipinski definition) is 8. The molecule has 0 unspecified atom stereocenters. The van der Waals surface area contributed by atoms with Crippen LogP contribution in [0.2, 0.25) is 0 Å². The maximum absolute atomic E-state index is 12.9. The Bertz CT molecular complexity index is 1260. The smallest absolute Gasteiger partial charge is 0.344 e. The Morgan fingerprint density at radius 2 is 1.60 bits per heavy atom. The van der Waals surface area contributed by atoms with Gasteiger partial charge in [-0.2, -0.15) is 0 Å². The second-order valence-electron chi connectivity index (χ2n) is 7.48. The molecular formula is C27H24O8. The molecule has 4 rings (SSSR count). The maximum atomic E-state index is 12.9. The summed E-state index contributed by atoms with van der Waals surface area (Å²) in [4.78, 5) is 24.9. The lowest BCUT2D eigenvalue weighted by atomic mass is 10.1. The van der Waals surface area contributed by atoms with Crippen molar-refractivity contribution in [2.24, 2.45) is 0 Å². The first-order valence-electron chi connectivity index (χ1n) is 10.7. The van der Waals surface area contributed by atoms with Crippen molar-refractivity contribution in [1.82, 2.24) is 0 Å². The Kier molecular flexibility index (Phi) is 7.21. The van der Waals surface area contributed by atoms with Crippen LogP contribution in [0, 0.1) is 0 Å². The zero-order chi connectivity index (χ0) is 24.8. The van der Waals surface area contributed by atoms with E-state index in [0.29, 0.717) is 39.9 Å². The second-order valence-corrected chi connectivity index (χ2v) is 7.48. The summed E-state index contributed by atoms with van der Waals surface area (Å²) in [6.07, 6.45) is 1.57. The number of fused-ring (bicyclic) bond motifs is 1. The first-order valence-corrected chi connectivity index (χ1v) is 10.7. The number of methoxy groups -OCH3 is 3. The van der Waals surface area contributed by atoms with Gasteiger partial charge in [0.15, 0.2) is 23.9 Å². The van der Waals surface area contributed by atoms with Crippen LogP contribution in [-0.2, 0) is 16.1 Å². The summed E-state index contributed by atoms with van der Waals surface area (Å²) < 4.78 is 32.6. The van der Waals surface area contributed by atoms with Gasteiger partial charge in [-0.25, -0.2) is 4.79 Å². The molecule has 8 heteroatoms. The number of esters is 1. The van der Waals surface area contributed by atoms with Crippen LogP contribution >= 0.6 is 0 Å². The van der Waals surface area contributed by atoms with Crippen LogP contribution in [0.1, 0.15) is 21.5 Å². The minimum atomic E-state index is -0.507. The SMILES string of the molecule is COc1cc(OC)c(OC)cc1C=C1Oc2cc(OCC(=O)OCc3ccccc3)ccc2C1=O. The van der Waals surface area contributed by atoms with Crippen LogP contribution in [0.5, 0.6) is 28.7 Å². The lowest BCUT2D eigenvalue weighted by molar-refractivity contribution is -0.147. The summed E-state index contributed by atoms with van der Waals surface area (Å²) in [7, 11) is 4.56. The van der Waals surface area contributed by atoms with Crippen LogP contribution in [-0.4, -0.2) is 39.7 Å².